The van der Waals surface area contributed by atoms with E-state index in [4.69, 9.17) is 10.5 Å². The van der Waals surface area contributed by atoms with Crippen LogP contribution in [0.2, 0.25) is 0 Å². The zero-order valence-corrected chi connectivity index (χ0v) is 12.4. The van der Waals surface area contributed by atoms with E-state index in [0.29, 0.717) is 23.8 Å². The molecule has 1 aliphatic heterocycles. The number of carbonyl (C=O) groups excluding carboxylic acids is 1. The molecule has 0 aromatic heterocycles. The van der Waals surface area contributed by atoms with Crippen molar-refractivity contribution >= 4 is 5.91 Å². The average Bonchev–Trinajstić information content (AvgIpc) is 2.45. The zero-order valence-electron chi connectivity index (χ0n) is 12.4. The predicted molar refractivity (Wildman–Crippen MR) is 78.1 cm³/mol. The maximum Gasteiger partial charge on any atom is 0.223 e. The molecule has 0 aromatic carbocycles. The summed E-state index contributed by atoms with van der Waals surface area (Å²) in [6.45, 7) is 2.48. The Labute approximate surface area is 121 Å². The lowest BCUT2D eigenvalue weighted by Crippen LogP contribution is -2.49. The van der Waals surface area contributed by atoms with Gasteiger partial charge in [-0.05, 0) is 56.3 Å². The largest absolute Gasteiger partial charge is 0.381 e. The fourth-order valence-electron chi connectivity index (χ4n) is 4.36. The number of amides is 1. The first-order valence-electron chi connectivity index (χ1n) is 8.35. The molecule has 0 aromatic rings. The van der Waals surface area contributed by atoms with Crippen molar-refractivity contribution in [2.24, 2.45) is 29.4 Å². The highest BCUT2D eigenvalue weighted by atomic mass is 16.5. The number of rotatable bonds is 3. The van der Waals surface area contributed by atoms with Crippen LogP contribution in [-0.2, 0) is 9.53 Å². The molecule has 1 amide bonds. The number of nitrogens with two attached hydrogens (primary N) is 1. The molecule has 3 unspecified atom stereocenters. The highest BCUT2D eigenvalue weighted by Gasteiger charge is 2.40. The summed E-state index contributed by atoms with van der Waals surface area (Å²) in [5.41, 5.74) is 6.29. The lowest BCUT2D eigenvalue weighted by atomic mass is 9.65. The molecule has 3 rings (SSSR count). The fourth-order valence-corrected chi connectivity index (χ4v) is 4.36. The van der Waals surface area contributed by atoms with Crippen molar-refractivity contribution in [3.8, 4) is 0 Å². The van der Waals surface area contributed by atoms with Crippen LogP contribution in [0.25, 0.3) is 0 Å². The summed E-state index contributed by atoms with van der Waals surface area (Å²) in [7, 11) is 0. The van der Waals surface area contributed by atoms with Gasteiger partial charge in [0.15, 0.2) is 0 Å². The van der Waals surface area contributed by atoms with Gasteiger partial charge in [-0.15, -0.1) is 0 Å². The summed E-state index contributed by atoms with van der Waals surface area (Å²) in [4.78, 5) is 12.4. The Morgan fingerprint density at radius 2 is 1.90 bits per heavy atom. The second kappa shape index (κ2) is 6.44. The highest BCUT2D eigenvalue weighted by Crippen LogP contribution is 2.41. The number of nitrogens with one attached hydrogen (secondary N) is 1. The Bertz CT molecular complexity index is 327. The molecule has 2 saturated carbocycles. The quantitative estimate of drug-likeness (QED) is 0.827. The molecule has 3 aliphatic rings. The Morgan fingerprint density at radius 3 is 2.55 bits per heavy atom. The van der Waals surface area contributed by atoms with Gasteiger partial charge >= 0.3 is 0 Å². The third kappa shape index (κ3) is 3.17. The lowest BCUT2D eigenvalue weighted by Gasteiger charge is -2.43. The van der Waals surface area contributed by atoms with E-state index in [1.165, 1.54) is 25.7 Å². The van der Waals surface area contributed by atoms with Gasteiger partial charge in [0.1, 0.15) is 0 Å². The van der Waals surface area contributed by atoms with Crippen molar-refractivity contribution in [3.63, 3.8) is 0 Å². The van der Waals surface area contributed by atoms with Crippen molar-refractivity contribution in [1.82, 2.24) is 5.32 Å². The molecule has 114 valence electrons. The van der Waals surface area contributed by atoms with E-state index in [1.807, 2.05) is 0 Å². The van der Waals surface area contributed by atoms with Gasteiger partial charge < -0.3 is 15.8 Å². The molecule has 4 heteroatoms. The zero-order chi connectivity index (χ0) is 13.9. The molecule has 20 heavy (non-hydrogen) atoms. The molecule has 1 saturated heterocycles. The third-order valence-corrected chi connectivity index (χ3v) is 5.60. The number of hydrogen-bond acceptors (Lipinski definition) is 3. The first-order valence-corrected chi connectivity index (χ1v) is 8.35. The van der Waals surface area contributed by atoms with E-state index < -0.39 is 0 Å². The van der Waals surface area contributed by atoms with E-state index in [1.54, 1.807) is 0 Å². The minimum absolute atomic E-state index is 0.203. The van der Waals surface area contributed by atoms with Gasteiger partial charge in [-0.1, -0.05) is 6.42 Å². The molecule has 2 bridgehead atoms. The molecule has 3 N–H and O–H groups in total. The van der Waals surface area contributed by atoms with Crippen molar-refractivity contribution < 1.29 is 9.53 Å². The van der Waals surface area contributed by atoms with Gasteiger partial charge in [-0.3, -0.25) is 4.79 Å². The van der Waals surface area contributed by atoms with Crippen molar-refractivity contribution in [2.75, 3.05) is 19.8 Å². The van der Waals surface area contributed by atoms with Crippen LogP contribution in [0.3, 0.4) is 0 Å². The Kier molecular flexibility index (Phi) is 4.61. The molecule has 4 nitrogen and oxygen atoms in total. The Hall–Kier alpha value is -0.610. The van der Waals surface area contributed by atoms with Gasteiger partial charge in [0.2, 0.25) is 5.91 Å². The van der Waals surface area contributed by atoms with Crippen molar-refractivity contribution in [2.45, 2.75) is 51.0 Å². The summed E-state index contributed by atoms with van der Waals surface area (Å²) in [5, 5.41) is 3.17. The number of ether oxygens (including phenoxy) is 1. The van der Waals surface area contributed by atoms with E-state index >= 15 is 0 Å². The van der Waals surface area contributed by atoms with Gasteiger partial charge in [0.05, 0.1) is 6.61 Å². The van der Waals surface area contributed by atoms with E-state index in [-0.39, 0.29) is 11.8 Å². The molecular weight excluding hydrogens is 252 g/mol. The Morgan fingerprint density at radius 1 is 1.15 bits per heavy atom. The van der Waals surface area contributed by atoms with Crippen molar-refractivity contribution in [1.29, 1.82) is 0 Å². The van der Waals surface area contributed by atoms with Crippen LogP contribution in [0.5, 0.6) is 0 Å². The maximum absolute atomic E-state index is 12.4. The van der Waals surface area contributed by atoms with Crippen LogP contribution in [-0.4, -0.2) is 31.7 Å². The van der Waals surface area contributed by atoms with Crippen LogP contribution in [0.1, 0.15) is 44.9 Å². The monoisotopic (exact) mass is 280 g/mol. The lowest BCUT2D eigenvalue weighted by molar-refractivity contribution is -0.128. The Balaban J connectivity index is 1.47. The van der Waals surface area contributed by atoms with Gasteiger partial charge in [0, 0.05) is 25.1 Å². The standard InChI is InChI=1S/C16H28N2O2/c17-15-12-4-1-5-13(15)8-14(7-12)16(19)18-9-11-3-2-6-20-10-11/h11-15H,1-10,17H2,(H,18,19). The predicted octanol–water partition coefficient (Wildman–Crippen LogP) is 1.68. The molecule has 2 aliphatic carbocycles. The second-order valence-electron chi connectivity index (χ2n) is 7.03. The smallest absolute Gasteiger partial charge is 0.223 e. The summed E-state index contributed by atoms with van der Waals surface area (Å²) in [5.74, 6) is 2.14. The normalized spacial score (nSPS) is 41.1. The van der Waals surface area contributed by atoms with Gasteiger partial charge in [0.25, 0.3) is 0 Å². The highest BCUT2D eigenvalue weighted by molar-refractivity contribution is 5.78. The summed E-state index contributed by atoms with van der Waals surface area (Å²) in [6.07, 6.45) is 8.06. The minimum Gasteiger partial charge on any atom is -0.381 e. The molecule has 3 fully saturated rings. The maximum atomic E-state index is 12.4. The number of fused-ring (bicyclic) bond motifs is 2. The number of carbonyl (C=O) groups is 1. The average molecular weight is 280 g/mol. The molecule has 0 spiro atoms. The molecular formula is C16H28N2O2. The first kappa shape index (κ1) is 14.3. The first-order chi connectivity index (χ1) is 9.74. The van der Waals surface area contributed by atoms with Crippen LogP contribution in [0.4, 0.5) is 0 Å². The SMILES string of the molecule is NC1C2CCCC1CC(C(=O)NCC1CCCOC1)C2. The second-order valence-corrected chi connectivity index (χ2v) is 7.03. The van der Waals surface area contributed by atoms with E-state index in [9.17, 15) is 4.79 Å². The topological polar surface area (TPSA) is 64.4 Å². The summed E-state index contributed by atoms with van der Waals surface area (Å²) < 4.78 is 5.47. The third-order valence-electron chi connectivity index (χ3n) is 5.60. The molecule has 3 atom stereocenters. The van der Waals surface area contributed by atoms with Crippen LogP contribution in [0, 0.1) is 23.7 Å². The van der Waals surface area contributed by atoms with Crippen LogP contribution < -0.4 is 11.1 Å². The van der Waals surface area contributed by atoms with Gasteiger partial charge in [-0.25, -0.2) is 0 Å². The van der Waals surface area contributed by atoms with Crippen LogP contribution >= 0.6 is 0 Å². The van der Waals surface area contributed by atoms with Crippen LogP contribution in [0.15, 0.2) is 0 Å². The fraction of sp³-hybridized carbons (Fsp3) is 0.938. The van der Waals surface area contributed by atoms with E-state index in [0.717, 1.165) is 39.0 Å². The summed E-state index contributed by atoms with van der Waals surface area (Å²) >= 11 is 0. The molecule has 0 radical (unpaired) electrons. The van der Waals surface area contributed by atoms with Crippen molar-refractivity contribution in [3.05, 3.63) is 0 Å². The van der Waals surface area contributed by atoms with Gasteiger partial charge in [-0.2, -0.15) is 0 Å². The van der Waals surface area contributed by atoms with E-state index in [2.05, 4.69) is 5.32 Å². The minimum atomic E-state index is 0.203. The molecule has 1 heterocycles. The summed E-state index contributed by atoms with van der Waals surface area (Å²) in [6, 6.07) is 0.347. The number of hydrogen-bond donors (Lipinski definition) is 2.